The molecule has 16 heavy (non-hydrogen) atoms. The van der Waals surface area contributed by atoms with Gasteiger partial charge in [0.1, 0.15) is 5.82 Å². The topological polar surface area (TPSA) is 32.5 Å². The van der Waals surface area contributed by atoms with E-state index in [1.165, 1.54) is 6.07 Å². The van der Waals surface area contributed by atoms with Gasteiger partial charge in [-0.25, -0.2) is 4.39 Å². The average molecular weight is 223 g/mol. The first-order valence-corrected chi connectivity index (χ1v) is 5.68. The van der Waals surface area contributed by atoms with E-state index in [2.05, 4.69) is 4.90 Å². The second kappa shape index (κ2) is 4.70. The van der Waals surface area contributed by atoms with Crippen molar-refractivity contribution in [2.75, 3.05) is 43.0 Å². The molecule has 1 heterocycles. The van der Waals surface area contributed by atoms with E-state index in [9.17, 15) is 4.39 Å². The molecule has 1 aromatic rings. The Morgan fingerprint density at radius 2 is 2.19 bits per heavy atom. The lowest BCUT2D eigenvalue weighted by Crippen LogP contribution is -2.30. The minimum atomic E-state index is -0.153. The van der Waals surface area contributed by atoms with Gasteiger partial charge in [-0.1, -0.05) is 6.07 Å². The van der Waals surface area contributed by atoms with Crippen LogP contribution in [0.2, 0.25) is 0 Å². The highest BCUT2D eigenvalue weighted by atomic mass is 19.1. The van der Waals surface area contributed by atoms with Crippen LogP contribution in [0.1, 0.15) is 6.42 Å². The molecule has 1 aliphatic heterocycles. The van der Waals surface area contributed by atoms with Crippen molar-refractivity contribution in [2.24, 2.45) is 5.73 Å². The van der Waals surface area contributed by atoms with Crippen molar-refractivity contribution >= 4 is 11.4 Å². The number of fused-ring (bicyclic) bond motifs is 1. The molecule has 2 rings (SSSR count). The summed E-state index contributed by atoms with van der Waals surface area (Å²) >= 11 is 0. The normalized spacial score (nSPS) is 15.9. The molecule has 0 spiro atoms. The molecule has 0 saturated heterocycles. The molecule has 1 aliphatic rings. The number of halogens is 1. The Hall–Kier alpha value is -1.29. The van der Waals surface area contributed by atoms with Crippen LogP contribution in [0.5, 0.6) is 0 Å². The summed E-state index contributed by atoms with van der Waals surface area (Å²) in [4.78, 5) is 4.16. The molecule has 88 valence electrons. The summed E-state index contributed by atoms with van der Waals surface area (Å²) in [6, 6.07) is 5.24. The van der Waals surface area contributed by atoms with E-state index in [4.69, 9.17) is 5.73 Å². The van der Waals surface area contributed by atoms with Crippen LogP contribution in [0.15, 0.2) is 18.2 Å². The van der Waals surface area contributed by atoms with Crippen molar-refractivity contribution in [1.29, 1.82) is 0 Å². The molecule has 0 radical (unpaired) electrons. The van der Waals surface area contributed by atoms with Gasteiger partial charge in [0, 0.05) is 33.2 Å². The lowest BCUT2D eigenvalue weighted by molar-refractivity contribution is 0.617. The minimum Gasteiger partial charge on any atom is -0.373 e. The van der Waals surface area contributed by atoms with Gasteiger partial charge in [-0.15, -0.1) is 0 Å². The maximum Gasteiger partial charge on any atom is 0.148 e. The number of nitrogens with zero attached hydrogens (tertiary/aromatic N) is 2. The van der Waals surface area contributed by atoms with E-state index < -0.39 is 0 Å². The van der Waals surface area contributed by atoms with Crippen LogP contribution in [-0.4, -0.2) is 33.2 Å². The zero-order valence-corrected chi connectivity index (χ0v) is 9.62. The number of hydrogen-bond donors (Lipinski definition) is 1. The summed E-state index contributed by atoms with van der Waals surface area (Å²) in [6.07, 6.45) is 1.03. The third kappa shape index (κ3) is 1.97. The first-order chi connectivity index (χ1) is 7.74. The summed E-state index contributed by atoms with van der Waals surface area (Å²) in [7, 11) is 2.00. The monoisotopic (exact) mass is 223 g/mol. The molecular formula is C12H18FN3. The number of hydrogen-bond acceptors (Lipinski definition) is 3. The highest BCUT2D eigenvalue weighted by Crippen LogP contribution is 2.33. The summed E-state index contributed by atoms with van der Waals surface area (Å²) in [5.41, 5.74) is 7.24. The maximum atomic E-state index is 13.9. The van der Waals surface area contributed by atoms with Crippen LogP contribution < -0.4 is 15.5 Å². The van der Waals surface area contributed by atoms with Crippen molar-refractivity contribution in [3.8, 4) is 0 Å². The van der Waals surface area contributed by atoms with Crippen molar-refractivity contribution in [2.45, 2.75) is 6.42 Å². The average Bonchev–Trinajstić information content (AvgIpc) is 2.42. The number of nitrogens with two attached hydrogens (primary N) is 1. The standard InChI is InChI=1S/C12H18FN3/c1-15-7-3-8-16(9-6-14)12-10(13)4-2-5-11(12)15/h2,4-5H,3,6-9,14H2,1H3. The number of rotatable bonds is 2. The smallest absolute Gasteiger partial charge is 0.148 e. The maximum absolute atomic E-state index is 13.9. The van der Waals surface area contributed by atoms with Gasteiger partial charge in [0.05, 0.1) is 11.4 Å². The lowest BCUT2D eigenvalue weighted by Gasteiger charge is -2.25. The fourth-order valence-electron chi connectivity index (χ4n) is 2.24. The molecule has 0 fully saturated rings. The minimum absolute atomic E-state index is 0.153. The van der Waals surface area contributed by atoms with Crippen LogP contribution in [0.25, 0.3) is 0 Å². The van der Waals surface area contributed by atoms with Crippen LogP contribution in [0.3, 0.4) is 0 Å². The van der Waals surface area contributed by atoms with Crippen molar-refractivity contribution in [3.05, 3.63) is 24.0 Å². The number of anilines is 2. The predicted molar refractivity (Wildman–Crippen MR) is 65.6 cm³/mol. The van der Waals surface area contributed by atoms with E-state index in [1.54, 1.807) is 6.07 Å². The highest BCUT2D eigenvalue weighted by Gasteiger charge is 2.20. The van der Waals surface area contributed by atoms with E-state index in [-0.39, 0.29) is 5.82 Å². The van der Waals surface area contributed by atoms with Gasteiger partial charge >= 0.3 is 0 Å². The first-order valence-electron chi connectivity index (χ1n) is 5.68. The van der Waals surface area contributed by atoms with Crippen molar-refractivity contribution in [3.63, 3.8) is 0 Å². The van der Waals surface area contributed by atoms with Crippen LogP contribution in [-0.2, 0) is 0 Å². The summed E-state index contributed by atoms with van der Waals surface area (Å²) in [6.45, 7) is 3.09. The molecule has 0 saturated carbocycles. The quantitative estimate of drug-likeness (QED) is 0.823. The fraction of sp³-hybridized carbons (Fsp3) is 0.500. The van der Waals surface area contributed by atoms with Crippen molar-refractivity contribution in [1.82, 2.24) is 0 Å². The molecular weight excluding hydrogens is 205 g/mol. The Balaban J connectivity index is 2.44. The van der Waals surface area contributed by atoms with E-state index >= 15 is 0 Å². The lowest BCUT2D eigenvalue weighted by atomic mass is 10.2. The Morgan fingerprint density at radius 1 is 1.38 bits per heavy atom. The summed E-state index contributed by atoms with van der Waals surface area (Å²) in [5, 5.41) is 0. The molecule has 3 nitrogen and oxygen atoms in total. The van der Waals surface area contributed by atoms with Gasteiger partial charge in [0.25, 0.3) is 0 Å². The molecule has 0 aliphatic carbocycles. The first kappa shape index (κ1) is 11.2. The van der Waals surface area contributed by atoms with Gasteiger partial charge in [-0.05, 0) is 18.6 Å². The number of para-hydroxylation sites is 1. The fourth-order valence-corrected chi connectivity index (χ4v) is 2.24. The second-order valence-electron chi connectivity index (χ2n) is 4.16. The molecule has 0 bridgehead atoms. The molecule has 0 aromatic heterocycles. The van der Waals surface area contributed by atoms with Gasteiger partial charge < -0.3 is 15.5 Å². The van der Waals surface area contributed by atoms with E-state index in [1.807, 2.05) is 18.0 Å². The molecule has 0 atom stereocenters. The zero-order valence-electron chi connectivity index (χ0n) is 9.62. The SMILES string of the molecule is CN1CCCN(CCN)c2c(F)cccc21. The van der Waals surface area contributed by atoms with Crippen molar-refractivity contribution < 1.29 is 4.39 Å². The Labute approximate surface area is 95.6 Å². The Kier molecular flexibility index (Phi) is 3.29. The summed E-state index contributed by atoms with van der Waals surface area (Å²) in [5.74, 6) is -0.153. The largest absolute Gasteiger partial charge is 0.373 e. The zero-order chi connectivity index (χ0) is 11.5. The second-order valence-corrected chi connectivity index (χ2v) is 4.16. The number of benzene rings is 1. The molecule has 0 amide bonds. The Bertz CT molecular complexity index is 367. The third-order valence-corrected chi connectivity index (χ3v) is 3.01. The van der Waals surface area contributed by atoms with E-state index in [0.717, 1.165) is 25.2 Å². The van der Waals surface area contributed by atoms with Gasteiger partial charge in [0.2, 0.25) is 0 Å². The molecule has 4 heteroatoms. The van der Waals surface area contributed by atoms with Crippen LogP contribution >= 0.6 is 0 Å². The van der Waals surface area contributed by atoms with Gasteiger partial charge in [-0.2, -0.15) is 0 Å². The Morgan fingerprint density at radius 3 is 2.94 bits per heavy atom. The molecule has 1 aromatic carbocycles. The predicted octanol–water partition coefficient (Wildman–Crippen LogP) is 1.43. The molecule has 2 N–H and O–H groups in total. The van der Waals surface area contributed by atoms with Crippen LogP contribution in [0.4, 0.5) is 15.8 Å². The van der Waals surface area contributed by atoms with E-state index in [0.29, 0.717) is 18.8 Å². The highest BCUT2D eigenvalue weighted by molar-refractivity contribution is 5.72. The van der Waals surface area contributed by atoms with Gasteiger partial charge in [0.15, 0.2) is 0 Å². The molecule has 0 unspecified atom stereocenters. The summed E-state index contributed by atoms with van der Waals surface area (Å²) < 4.78 is 13.9. The van der Waals surface area contributed by atoms with Crippen LogP contribution in [0, 0.1) is 5.82 Å². The third-order valence-electron chi connectivity index (χ3n) is 3.01. The van der Waals surface area contributed by atoms with Gasteiger partial charge in [-0.3, -0.25) is 0 Å².